The third-order valence-electron chi connectivity index (χ3n) is 4.10. The van der Waals surface area contributed by atoms with E-state index in [0.717, 1.165) is 33.2 Å². The van der Waals surface area contributed by atoms with Crippen LogP contribution in [-0.2, 0) is 0 Å². The molecule has 1 aliphatic carbocycles. The first kappa shape index (κ1) is 20.9. The topological polar surface area (TPSA) is 80.0 Å². The molecule has 1 atom stereocenters. The van der Waals surface area contributed by atoms with Crippen molar-refractivity contribution in [1.29, 1.82) is 0 Å². The second kappa shape index (κ2) is 9.01. The first-order valence-corrected chi connectivity index (χ1v) is 9.59. The number of carbonyl (C=O) groups excluding carboxylic acids is 1. The largest absolute Gasteiger partial charge is 0.347 e. The molecule has 26 heavy (non-hydrogen) atoms. The summed E-state index contributed by atoms with van der Waals surface area (Å²) in [6, 6.07) is 12.0. The Bertz CT molecular complexity index is 833. The van der Waals surface area contributed by atoms with E-state index in [1.165, 1.54) is 11.3 Å². The number of benzene rings is 1. The molecule has 1 amide bonds. The lowest BCUT2D eigenvalue weighted by atomic mass is 10.2. The van der Waals surface area contributed by atoms with Crippen LogP contribution in [0.5, 0.6) is 0 Å². The molecule has 0 spiro atoms. The van der Waals surface area contributed by atoms with Crippen LogP contribution in [0.4, 0.5) is 10.8 Å². The van der Waals surface area contributed by atoms with Crippen molar-refractivity contribution in [3.05, 3.63) is 41.3 Å². The molecule has 0 radical (unpaired) electrons. The average molecular weight is 431 g/mol. The molecule has 5 nitrogen and oxygen atoms in total. The molecule has 4 N–H and O–H groups in total. The monoisotopic (exact) mass is 430 g/mol. The van der Waals surface area contributed by atoms with Crippen molar-refractivity contribution in [2.45, 2.75) is 18.9 Å². The predicted octanol–water partition coefficient (Wildman–Crippen LogP) is 4.41. The zero-order valence-electron chi connectivity index (χ0n) is 13.8. The number of anilines is 2. The smallest absolute Gasteiger partial charge is 0.261 e. The lowest BCUT2D eigenvalue weighted by Crippen LogP contribution is -2.41. The first-order valence-electron chi connectivity index (χ1n) is 7.96. The van der Waals surface area contributed by atoms with Gasteiger partial charge >= 0.3 is 0 Å². The number of halogens is 2. The predicted molar refractivity (Wildman–Crippen MR) is 115 cm³/mol. The van der Waals surface area contributed by atoms with Gasteiger partial charge in [-0.3, -0.25) is 4.79 Å². The third kappa shape index (κ3) is 4.66. The van der Waals surface area contributed by atoms with E-state index in [-0.39, 0.29) is 36.8 Å². The van der Waals surface area contributed by atoms with E-state index >= 15 is 0 Å². The van der Waals surface area contributed by atoms with Crippen LogP contribution in [0.2, 0.25) is 0 Å². The second-order valence-electron chi connectivity index (χ2n) is 5.94. The molecule has 0 saturated heterocycles. The quantitative estimate of drug-likeness (QED) is 0.540. The molecule has 0 bridgehead atoms. The van der Waals surface area contributed by atoms with E-state index in [4.69, 9.17) is 5.73 Å². The Balaban J connectivity index is 0.00000121. The summed E-state index contributed by atoms with van der Waals surface area (Å²) in [4.78, 5) is 18.6. The number of nitrogens with two attached hydrogens (primary N) is 1. The minimum Gasteiger partial charge on any atom is -0.347 e. The Kier molecular flexibility index (Phi) is 7.25. The zero-order chi connectivity index (χ0) is 16.5. The summed E-state index contributed by atoms with van der Waals surface area (Å²) < 4.78 is 1.03. The number of nitrogens with one attached hydrogen (secondary N) is 2. The SMILES string of the molecule is Cl.Cl.NCC(NC(=O)c1cc2sc(Nc3ccccc3)nc2s1)C1CC1. The van der Waals surface area contributed by atoms with Crippen LogP contribution in [0, 0.1) is 5.92 Å². The number of thiazole rings is 1. The zero-order valence-corrected chi connectivity index (χ0v) is 17.1. The van der Waals surface area contributed by atoms with Gasteiger partial charge in [0.05, 0.1) is 9.58 Å². The molecule has 4 rings (SSSR count). The van der Waals surface area contributed by atoms with Gasteiger partial charge in [0.1, 0.15) is 4.83 Å². The Morgan fingerprint density at radius 2 is 1.96 bits per heavy atom. The van der Waals surface area contributed by atoms with Crippen molar-refractivity contribution in [3.63, 3.8) is 0 Å². The van der Waals surface area contributed by atoms with Gasteiger partial charge in [-0.05, 0) is 37.0 Å². The van der Waals surface area contributed by atoms with Gasteiger partial charge in [-0.15, -0.1) is 36.2 Å². The molecule has 1 aliphatic rings. The molecule has 140 valence electrons. The summed E-state index contributed by atoms with van der Waals surface area (Å²) in [6.07, 6.45) is 2.33. The highest BCUT2D eigenvalue weighted by atomic mass is 35.5. The Labute approximate surface area is 172 Å². The van der Waals surface area contributed by atoms with Crippen LogP contribution in [0.1, 0.15) is 22.5 Å². The van der Waals surface area contributed by atoms with Crippen molar-refractivity contribution in [2.75, 3.05) is 11.9 Å². The maximum atomic E-state index is 12.4. The van der Waals surface area contributed by atoms with E-state index in [0.29, 0.717) is 17.3 Å². The number of hydrogen-bond donors (Lipinski definition) is 3. The van der Waals surface area contributed by atoms with Crippen molar-refractivity contribution in [3.8, 4) is 0 Å². The minimum atomic E-state index is -0.0369. The van der Waals surface area contributed by atoms with Gasteiger partial charge in [0, 0.05) is 18.3 Å². The maximum absolute atomic E-state index is 12.4. The standard InChI is InChI=1S/C17H18N4OS2.2ClH/c18-9-12(10-6-7-10)20-15(22)13-8-14-16(23-13)21-17(24-14)19-11-4-2-1-3-5-11;;/h1-5,8,10,12H,6-7,9,18H2,(H,19,21)(H,20,22);2*1H. The summed E-state index contributed by atoms with van der Waals surface area (Å²) in [5.41, 5.74) is 6.77. The number of fused-ring (bicyclic) bond motifs is 1. The van der Waals surface area contributed by atoms with Crippen LogP contribution < -0.4 is 16.4 Å². The number of rotatable bonds is 6. The van der Waals surface area contributed by atoms with Gasteiger partial charge < -0.3 is 16.4 Å². The number of nitrogens with zero attached hydrogens (tertiary/aromatic N) is 1. The van der Waals surface area contributed by atoms with Crippen molar-refractivity contribution in [2.24, 2.45) is 11.7 Å². The van der Waals surface area contributed by atoms with Crippen molar-refractivity contribution in [1.82, 2.24) is 10.3 Å². The number of carbonyl (C=O) groups is 1. The summed E-state index contributed by atoms with van der Waals surface area (Å²) >= 11 is 2.98. The van der Waals surface area contributed by atoms with E-state index in [1.807, 2.05) is 36.4 Å². The van der Waals surface area contributed by atoms with Gasteiger partial charge in [0.25, 0.3) is 5.91 Å². The van der Waals surface area contributed by atoms with E-state index in [9.17, 15) is 4.79 Å². The lowest BCUT2D eigenvalue weighted by molar-refractivity contribution is 0.0937. The summed E-state index contributed by atoms with van der Waals surface area (Å²) in [5.74, 6) is 0.518. The van der Waals surface area contributed by atoms with Crippen LogP contribution in [0.15, 0.2) is 36.4 Å². The molecule has 0 aliphatic heterocycles. The molecule has 1 saturated carbocycles. The van der Waals surface area contributed by atoms with Crippen molar-refractivity contribution < 1.29 is 4.79 Å². The highest BCUT2D eigenvalue weighted by Crippen LogP contribution is 2.35. The van der Waals surface area contributed by atoms with Crippen LogP contribution >= 0.6 is 47.5 Å². The number of hydrogen-bond acceptors (Lipinski definition) is 6. The lowest BCUT2D eigenvalue weighted by Gasteiger charge is -2.14. The molecular weight excluding hydrogens is 411 g/mol. The van der Waals surface area contributed by atoms with E-state index in [1.54, 1.807) is 11.3 Å². The molecule has 1 unspecified atom stereocenters. The Morgan fingerprint density at radius 3 is 2.58 bits per heavy atom. The molecule has 2 heterocycles. The average Bonchev–Trinajstić information content (AvgIpc) is 3.25. The normalized spacial score (nSPS) is 14.2. The van der Waals surface area contributed by atoms with E-state index in [2.05, 4.69) is 15.6 Å². The van der Waals surface area contributed by atoms with Gasteiger partial charge in [0.15, 0.2) is 5.13 Å². The second-order valence-corrected chi connectivity index (χ2v) is 8.00. The van der Waals surface area contributed by atoms with Gasteiger partial charge in [0.2, 0.25) is 0 Å². The molecule has 2 aromatic heterocycles. The van der Waals surface area contributed by atoms with Gasteiger partial charge in [-0.1, -0.05) is 29.5 Å². The number of amides is 1. The summed E-state index contributed by atoms with van der Waals surface area (Å²) in [6.45, 7) is 0.500. The van der Waals surface area contributed by atoms with Gasteiger partial charge in [-0.2, -0.15) is 0 Å². The first-order chi connectivity index (χ1) is 11.7. The maximum Gasteiger partial charge on any atom is 0.261 e. The van der Waals surface area contributed by atoms with E-state index < -0.39 is 0 Å². The van der Waals surface area contributed by atoms with Crippen LogP contribution in [0.25, 0.3) is 9.53 Å². The number of aromatic nitrogens is 1. The molecular formula is C17H20Cl2N4OS2. The number of thiophene rings is 1. The third-order valence-corrected chi connectivity index (χ3v) is 6.17. The highest BCUT2D eigenvalue weighted by molar-refractivity contribution is 7.29. The van der Waals surface area contributed by atoms with Crippen LogP contribution in [-0.4, -0.2) is 23.5 Å². The fraction of sp³-hybridized carbons (Fsp3) is 0.294. The minimum absolute atomic E-state index is 0. The Morgan fingerprint density at radius 1 is 1.23 bits per heavy atom. The summed E-state index contributed by atoms with van der Waals surface area (Å²) in [5, 5.41) is 7.19. The number of para-hydroxylation sites is 1. The Hall–Kier alpha value is -1.38. The van der Waals surface area contributed by atoms with Gasteiger partial charge in [-0.25, -0.2) is 4.98 Å². The van der Waals surface area contributed by atoms with Crippen LogP contribution in [0.3, 0.4) is 0 Å². The fourth-order valence-electron chi connectivity index (χ4n) is 2.65. The molecule has 1 aromatic carbocycles. The molecule has 9 heteroatoms. The molecule has 1 fully saturated rings. The molecule has 3 aromatic rings. The fourth-order valence-corrected chi connectivity index (χ4v) is 4.69. The summed E-state index contributed by atoms with van der Waals surface area (Å²) in [7, 11) is 0. The highest BCUT2D eigenvalue weighted by Gasteiger charge is 2.31. The van der Waals surface area contributed by atoms with Crippen molar-refractivity contribution >= 4 is 73.7 Å².